The minimum atomic E-state index is -1.49. The van der Waals surface area contributed by atoms with Gasteiger partial charge >= 0.3 is 0 Å². The minimum Gasteiger partial charge on any atom is -0.362 e. The van der Waals surface area contributed by atoms with Crippen LogP contribution in [0.5, 0.6) is 0 Å². The van der Waals surface area contributed by atoms with Crippen LogP contribution in [0, 0.1) is 0 Å². The first-order valence-electron chi connectivity index (χ1n) is 2.33. The molecule has 0 saturated heterocycles. The summed E-state index contributed by atoms with van der Waals surface area (Å²) < 4.78 is 0. The Hall–Kier alpha value is -0.340. The van der Waals surface area contributed by atoms with E-state index >= 15 is 0 Å². The van der Waals surface area contributed by atoms with E-state index in [-0.39, 0.29) is 0 Å². The van der Waals surface area contributed by atoms with Gasteiger partial charge in [0.2, 0.25) is 0 Å². The first-order chi connectivity index (χ1) is 3.21. The molecule has 0 heterocycles. The second kappa shape index (κ2) is 1.32. The predicted molar refractivity (Wildman–Crippen MR) is 25.5 cm³/mol. The van der Waals surface area contributed by atoms with E-state index in [1.54, 1.807) is 6.08 Å². The molecule has 0 bridgehead atoms. The molecule has 1 rings (SSSR count). The van der Waals surface area contributed by atoms with Crippen LogP contribution in [0.1, 0.15) is 12.8 Å². The molecule has 0 amide bonds. The number of hydrogen-bond donors (Lipinski definition) is 2. The van der Waals surface area contributed by atoms with Crippen LogP contribution in [0.3, 0.4) is 0 Å². The van der Waals surface area contributed by atoms with Gasteiger partial charge in [0.15, 0.2) is 5.79 Å². The summed E-state index contributed by atoms with van der Waals surface area (Å²) in [5.74, 6) is -1.49. The molecule has 2 N–H and O–H groups in total. The largest absolute Gasteiger partial charge is 0.362 e. The normalized spacial score (nSPS) is 26.0. The first-order valence-corrected chi connectivity index (χ1v) is 2.33. The lowest BCUT2D eigenvalue weighted by molar-refractivity contribution is -0.116. The van der Waals surface area contributed by atoms with Gasteiger partial charge in [0, 0.05) is 6.42 Å². The van der Waals surface area contributed by atoms with Crippen LogP contribution in [-0.4, -0.2) is 16.0 Å². The van der Waals surface area contributed by atoms with Crippen LogP contribution in [0.2, 0.25) is 0 Å². The quantitative estimate of drug-likeness (QED) is 0.332. The molecule has 2 nitrogen and oxygen atoms in total. The van der Waals surface area contributed by atoms with Gasteiger partial charge in [-0.3, -0.25) is 0 Å². The Labute approximate surface area is 42.1 Å². The van der Waals surface area contributed by atoms with Crippen molar-refractivity contribution in [3.8, 4) is 0 Å². The smallest absolute Gasteiger partial charge is 0.182 e. The van der Waals surface area contributed by atoms with Crippen LogP contribution in [-0.2, 0) is 0 Å². The highest BCUT2D eigenvalue weighted by atomic mass is 16.5. The maximum absolute atomic E-state index is 8.66. The van der Waals surface area contributed by atoms with E-state index in [1.165, 1.54) is 6.08 Å². The predicted octanol–water partition coefficient (Wildman–Crippen LogP) is 0.0173. The second-order valence-electron chi connectivity index (χ2n) is 1.82. The van der Waals surface area contributed by atoms with Gasteiger partial charge in [0.05, 0.1) is 0 Å². The highest BCUT2D eigenvalue weighted by Crippen LogP contribution is 2.17. The van der Waals surface area contributed by atoms with Crippen molar-refractivity contribution in [3.05, 3.63) is 12.2 Å². The standard InChI is InChI=1S/C5H8O2/c6-5(7)3-1-2-4-5/h1,3,6-7H,2,4H2. The van der Waals surface area contributed by atoms with Crippen molar-refractivity contribution >= 4 is 0 Å². The van der Waals surface area contributed by atoms with Gasteiger partial charge in [0.1, 0.15) is 0 Å². The van der Waals surface area contributed by atoms with Crippen LogP contribution < -0.4 is 0 Å². The number of rotatable bonds is 0. The third kappa shape index (κ3) is 1.01. The Morgan fingerprint density at radius 2 is 2.14 bits per heavy atom. The van der Waals surface area contributed by atoms with E-state index in [2.05, 4.69) is 0 Å². The highest BCUT2D eigenvalue weighted by molar-refractivity contribution is 5.01. The summed E-state index contributed by atoms with van der Waals surface area (Å²) in [6, 6.07) is 0. The van der Waals surface area contributed by atoms with Crippen LogP contribution in [0.25, 0.3) is 0 Å². The van der Waals surface area contributed by atoms with Crippen molar-refractivity contribution in [2.45, 2.75) is 18.6 Å². The highest BCUT2D eigenvalue weighted by Gasteiger charge is 2.21. The fraction of sp³-hybridized carbons (Fsp3) is 0.600. The lowest BCUT2D eigenvalue weighted by Gasteiger charge is -2.09. The average molecular weight is 100 g/mol. The molecular weight excluding hydrogens is 92.1 g/mol. The molecule has 1 aliphatic carbocycles. The van der Waals surface area contributed by atoms with Gasteiger partial charge < -0.3 is 10.2 Å². The zero-order valence-electron chi connectivity index (χ0n) is 3.96. The molecule has 0 unspecified atom stereocenters. The summed E-state index contributed by atoms with van der Waals surface area (Å²) in [5, 5.41) is 17.3. The summed E-state index contributed by atoms with van der Waals surface area (Å²) in [6.07, 6.45) is 4.41. The zero-order chi connectivity index (χ0) is 5.33. The summed E-state index contributed by atoms with van der Waals surface area (Å²) in [5.41, 5.74) is 0. The molecule has 0 atom stereocenters. The molecule has 0 aromatic carbocycles. The van der Waals surface area contributed by atoms with E-state index in [4.69, 9.17) is 10.2 Å². The van der Waals surface area contributed by atoms with Crippen LogP contribution >= 0.6 is 0 Å². The van der Waals surface area contributed by atoms with Gasteiger partial charge in [0.25, 0.3) is 0 Å². The van der Waals surface area contributed by atoms with Crippen molar-refractivity contribution in [1.29, 1.82) is 0 Å². The molecule has 0 aromatic rings. The zero-order valence-corrected chi connectivity index (χ0v) is 3.96. The van der Waals surface area contributed by atoms with Crippen LogP contribution in [0.4, 0.5) is 0 Å². The Morgan fingerprint density at radius 3 is 2.29 bits per heavy atom. The third-order valence-corrected chi connectivity index (χ3v) is 1.06. The molecule has 0 saturated carbocycles. The summed E-state index contributed by atoms with van der Waals surface area (Å²) in [6.45, 7) is 0. The maximum atomic E-state index is 8.66. The van der Waals surface area contributed by atoms with E-state index < -0.39 is 5.79 Å². The molecule has 0 radical (unpaired) electrons. The first kappa shape index (κ1) is 4.81. The SMILES string of the molecule is OC1(O)C=CCC1. The van der Waals surface area contributed by atoms with Crippen molar-refractivity contribution in [2.75, 3.05) is 0 Å². The Morgan fingerprint density at radius 1 is 1.43 bits per heavy atom. The summed E-state index contributed by atoms with van der Waals surface area (Å²) in [4.78, 5) is 0. The number of aliphatic hydroxyl groups is 2. The Bertz CT molecular complexity index is 94.3. The minimum absolute atomic E-state index is 0.451. The number of hydrogen-bond acceptors (Lipinski definition) is 2. The molecule has 0 fully saturated rings. The van der Waals surface area contributed by atoms with Gasteiger partial charge in [-0.25, -0.2) is 0 Å². The molecule has 7 heavy (non-hydrogen) atoms. The van der Waals surface area contributed by atoms with Crippen molar-refractivity contribution in [2.24, 2.45) is 0 Å². The maximum Gasteiger partial charge on any atom is 0.182 e. The van der Waals surface area contributed by atoms with Gasteiger partial charge in [-0.1, -0.05) is 6.08 Å². The monoisotopic (exact) mass is 100 g/mol. The van der Waals surface area contributed by atoms with Gasteiger partial charge in [-0.15, -0.1) is 0 Å². The van der Waals surface area contributed by atoms with E-state index in [0.717, 1.165) is 6.42 Å². The molecular formula is C5H8O2. The molecule has 0 aromatic heterocycles. The van der Waals surface area contributed by atoms with Crippen molar-refractivity contribution in [3.63, 3.8) is 0 Å². The molecule has 0 spiro atoms. The van der Waals surface area contributed by atoms with Crippen LogP contribution in [0.15, 0.2) is 12.2 Å². The average Bonchev–Trinajstić information content (AvgIpc) is 1.84. The lowest BCUT2D eigenvalue weighted by Crippen LogP contribution is -2.20. The molecule has 0 aliphatic heterocycles. The molecule has 1 aliphatic rings. The topological polar surface area (TPSA) is 40.5 Å². The third-order valence-electron chi connectivity index (χ3n) is 1.06. The molecule has 40 valence electrons. The van der Waals surface area contributed by atoms with Gasteiger partial charge in [-0.2, -0.15) is 0 Å². The fourth-order valence-electron chi connectivity index (χ4n) is 0.651. The van der Waals surface area contributed by atoms with Crippen molar-refractivity contribution < 1.29 is 10.2 Å². The fourth-order valence-corrected chi connectivity index (χ4v) is 0.651. The van der Waals surface area contributed by atoms with E-state index in [1.807, 2.05) is 0 Å². The second-order valence-corrected chi connectivity index (χ2v) is 1.82. The van der Waals surface area contributed by atoms with Crippen molar-refractivity contribution in [1.82, 2.24) is 0 Å². The summed E-state index contributed by atoms with van der Waals surface area (Å²) in [7, 11) is 0. The lowest BCUT2D eigenvalue weighted by atomic mass is 10.3. The van der Waals surface area contributed by atoms with E-state index in [9.17, 15) is 0 Å². The Kier molecular flexibility index (Phi) is 0.905. The van der Waals surface area contributed by atoms with Gasteiger partial charge in [-0.05, 0) is 12.5 Å². The molecule has 2 heteroatoms. The Balaban J connectivity index is 2.57. The summed E-state index contributed by atoms with van der Waals surface area (Å²) >= 11 is 0. The number of allylic oxidation sites excluding steroid dienone is 1. The van der Waals surface area contributed by atoms with E-state index in [0.29, 0.717) is 6.42 Å².